The Morgan fingerprint density at radius 1 is 1.08 bits per heavy atom. The Kier molecular flexibility index (Phi) is 9.34. The Bertz CT molecular complexity index is 403. The molecule has 5 N–H and O–H groups in total. The molecule has 1 saturated heterocycles. The molecule has 0 radical (unpaired) electrons. The summed E-state index contributed by atoms with van der Waals surface area (Å²) in [5.41, 5.74) is 0. The molecule has 140 valence electrons. The van der Waals surface area contributed by atoms with Gasteiger partial charge in [-0.25, -0.2) is 0 Å². The van der Waals surface area contributed by atoms with Crippen molar-refractivity contribution in [2.75, 3.05) is 19.8 Å². The lowest BCUT2D eigenvalue weighted by Crippen LogP contribution is -2.59. The minimum atomic E-state index is -1.49. The van der Waals surface area contributed by atoms with E-state index in [0.717, 1.165) is 0 Å². The van der Waals surface area contributed by atoms with Crippen LogP contribution in [-0.4, -0.2) is 82.6 Å². The average molecular weight is 349 g/mol. The number of carbonyl (C=O) groups excluding carboxylic acids is 2. The van der Waals surface area contributed by atoms with E-state index in [0.29, 0.717) is 25.7 Å². The highest BCUT2D eigenvalue weighted by molar-refractivity contribution is 5.76. The van der Waals surface area contributed by atoms with Crippen molar-refractivity contribution < 1.29 is 39.5 Å². The van der Waals surface area contributed by atoms with Crippen molar-refractivity contribution in [3.05, 3.63) is 0 Å². The van der Waals surface area contributed by atoms with Gasteiger partial charge in [-0.2, -0.15) is 0 Å². The van der Waals surface area contributed by atoms with Crippen molar-refractivity contribution in [2.45, 2.75) is 63.3 Å². The predicted octanol–water partition coefficient (Wildman–Crippen LogP) is -1.93. The van der Waals surface area contributed by atoms with Gasteiger partial charge in [0, 0.05) is 19.4 Å². The van der Waals surface area contributed by atoms with Gasteiger partial charge in [0.05, 0.1) is 13.2 Å². The smallest absolute Gasteiger partial charge is 0.220 e. The lowest BCUT2D eigenvalue weighted by molar-refractivity contribution is -0.300. The zero-order chi connectivity index (χ0) is 18.1. The van der Waals surface area contributed by atoms with Crippen LogP contribution in [-0.2, 0) is 19.1 Å². The minimum Gasteiger partial charge on any atom is -0.394 e. The maximum atomic E-state index is 11.6. The fourth-order valence-corrected chi connectivity index (χ4v) is 2.32. The first-order valence-corrected chi connectivity index (χ1v) is 8.05. The van der Waals surface area contributed by atoms with Crippen LogP contribution in [0.4, 0.5) is 0 Å². The molecule has 0 aliphatic carbocycles. The van der Waals surface area contributed by atoms with Crippen LogP contribution in [0.25, 0.3) is 0 Å². The molecule has 0 unspecified atom stereocenters. The molecule has 9 nitrogen and oxygen atoms in total. The SMILES string of the molecule is CC(=O)CCCCC(=O)NCCO[C@@H]1O[C@H](CO)[C@@H](O)[C@H](O)[C@H]1O. The molecule has 5 atom stereocenters. The van der Waals surface area contributed by atoms with E-state index in [-0.39, 0.29) is 24.8 Å². The van der Waals surface area contributed by atoms with Crippen LogP contribution in [0, 0.1) is 0 Å². The van der Waals surface area contributed by atoms with Gasteiger partial charge in [0.25, 0.3) is 0 Å². The Hall–Kier alpha value is -1.10. The fourth-order valence-electron chi connectivity index (χ4n) is 2.32. The maximum absolute atomic E-state index is 11.6. The molecular formula is C15H27NO8. The van der Waals surface area contributed by atoms with Crippen LogP contribution in [0.2, 0.25) is 0 Å². The number of hydrogen-bond donors (Lipinski definition) is 5. The first-order valence-electron chi connectivity index (χ1n) is 8.05. The van der Waals surface area contributed by atoms with E-state index in [1.54, 1.807) is 0 Å². The second-order valence-corrected chi connectivity index (χ2v) is 5.83. The molecule has 1 fully saturated rings. The van der Waals surface area contributed by atoms with E-state index in [1.165, 1.54) is 6.92 Å². The van der Waals surface area contributed by atoms with Crippen LogP contribution in [0.3, 0.4) is 0 Å². The molecule has 1 aliphatic rings. The number of carbonyl (C=O) groups is 2. The molecule has 1 amide bonds. The highest BCUT2D eigenvalue weighted by atomic mass is 16.7. The lowest BCUT2D eigenvalue weighted by Gasteiger charge is -2.39. The predicted molar refractivity (Wildman–Crippen MR) is 81.9 cm³/mol. The van der Waals surface area contributed by atoms with E-state index in [4.69, 9.17) is 14.6 Å². The molecule has 0 bridgehead atoms. The van der Waals surface area contributed by atoms with E-state index in [2.05, 4.69) is 5.32 Å². The first-order chi connectivity index (χ1) is 11.4. The van der Waals surface area contributed by atoms with Crippen LogP contribution in [0.15, 0.2) is 0 Å². The molecule has 0 aromatic carbocycles. The highest BCUT2D eigenvalue weighted by Crippen LogP contribution is 2.21. The van der Waals surface area contributed by atoms with E-state index >= 15 is 0 Å². The Labute approximate surface area is 140 Å². The van der Waals surface area contributed by atoms with Crippen molar-refractivity contribution in [2.24, 2.45) is 0 Å². The molecule has 0 saturated carbocycles. The van der Waals surface area contributed by atoms with Gasteiger partial charge < -0.3 is 40.0 Å². The van der Waals surface area contributed by atoms with Crippen LogP contribution >= 0.6 is 0 Å². The van der Waals surface area contributed by atoms with Gasteiger partial charge >= 0.3 is 0 Å². The molecule has 0 aromatic heterocycles. The van der Waals surface area contributed by atoms with Gasteiger partial charge in [0.2, 0.25) is 5.91 Å². The zero-order valence-corrected chi connectivity index (χ0v) is 13.8. The largest absolute Gasteiger partial charge is 0.394 e. The minimum absolute atomic E-state index is 0.0296. The van der Waals surface area contributed by atoms with E-state index in [1.807, 2.05) is 0 Å². The number of nitrogens with one attached hydrogen (secondary N) is 1. The van der Waals surface area contributed by atoms with Crippen LogP contribution in [0.1, 0.15) is 32.6 Å². The monoisotopic (exact) mass is 349 g/mol. The van der Waals surface area contributed by atoms with Gasteiger partial charge in [-0.05, 0) is 19.8 Å². The number of aliphatic hydroxyl groups is 4. The summed E-state index contributed by atoms with van der Waals surface area (Å²) < 4.78 is 10.4. The first kappa shape index (κ1) is 20.9. The number of unbranched alkanes of at least 4 members (excludes halogenated alkanes) is 1. The second kappa shape index (κ2) is 10.7. The van der Waals surface area contributed by atoms with Gasteiger partial charge in [-0.15, -0.1) is 0 Å². The second-order valence-electron chi connectivity index (χ2n) is 5.83. The Morgan fingerprint density at radius 2 is 1.75 bits per heavy atom. The van der Waals surface area contributed by atoms with Gasteiger partial charge in [0.1, 0.15) is 30.2 Å². The third-order valence-corrected chi connectivity index (χ3v) is 3.74. The van der Waals surface area contributed by atoms with E-state index < -0.39 is 37.3 Å². The zero-order valence-electron chi connectivity index (χ0n) is 13.8. The quantitative estimate of drug-likeness (QED) is 0.287. The summed E-state index contributed by atoms with van der Waals surface area (Å²) in [4.78, 5) is 22.3. The molecule has 24 heavy (non-hydrogen) atoms. The van der Waals surface area contributed by atoms with Crippen molar-refractivity contribution in [1.29, 1.82) is 0 Å². The third-order valence-electron chi connectivity index (χ3n) is 3.74. The molecule has 9 heteroatoms. The number of ketones is 1. The number of aliphatic hydroxyl groups excluding tert-OH is 4. The Balaban J connectivity index is 2.19. The molecule has 1 heterocycles. The number of ether oxygens (including phenoxy) is 2. The number of hydrogen-bond acceptors (Lipinski definition) is 8. The van der Waals surface area contributed by atoms with Crippen LogP contribution in [0.5, 0.6) is 0 Å². The lowest BCUT2D eigenvalue weighted by atomic mass is 9.99. The average Bonchev–Trinajstić information content (AvgIpc) is 2.55. The van der Waals surface area contributed by atoms with Crippen molar-refractivity contribution in [3.63, 3.8) is 0 Å². The van der Waals surface area contributed by atoms with Gasteiger partial charge in [-0.3, -0.25) is 4.79 Å². The fraction of sp³-hybridized carbons (Fsp3) is 0.867. The summed E-state index contributed by atoms with van der Waals surface area (Å²) in [7, 11) is 0. The topological polar surface area (TPSA) is 146 Å². The number of amides is 1. The molecule has 0 aromatic rings. The van der Waals surface area contributed by atoms with E-state index in [9.17, 15) is 24.9 Å². The van der Waals surface area contributed by atoms with Crippen molar-refractivity contribution >= 4 is 11.7 Å². The summed E-state index contributed by atoms with van der Waals surface area (Å²) in [6, 6.07) is 0. The molecule has 1 aliphatic heterocycles. The summed E-state index contributed by atoms with van der Waals surface area (Å²) in [5, 5.41) is 40.7. The van der Waals surface area contributed by atoms with Crippen molar-refractivity contribution in [3.8, 4) is 0 Å². The van der Waals surface area contributed by atoms with Gasteiger partial charge in [0.15, 0.2) is 6.29 Å². The summed E-state index contributed by atoms with van der Waals surface area (Å²) >= 11 is 0. The Morgan fingerprint density at radius 3 is 2.38 bits per heavy atom. The third kappa shape index (κ3) is 6.80. The van der Waals surface area contributed by atoms with Gasteiger partial charge in [-0.1, -0.05) is 0 Å². The normalized spacial score (nSPS) is 30.1. The summed E-state index contributed by atoms with van der Waals surface area (Å²) in [6.45, 7) is 1.20. The molecule has 1 rings (SSSR count). The summed E-state index contributed by atoms with van der Waals surface area (Å²) in [5.74, 6) is -0.0701. The molecule has 0 spiro atoms. The summed E-state index contributed by atoms with van der Waals surface area (Å²) in [6.07, 6.45) is -4.53. The standard InChI is InChI=1S/C15H27NO8/c1-9(18)4-2-3-5-11(19)16-6-7-23-15-14(22)13(21)12(20)10(8-17)24-15/h10,12-15,17,20-22H,2-8H2,1H3,(H,16,19)/t10-,12-,13+,14-,15-/m1/s1. The maximum Gasteiger partial charge on any atom is 0.220 e. The van der Waals surface area contributed by atoms with Crippen molar-refractivity contribution in [1.82, 2.24) is 5.32 Å². The number of Topliss-reactive ketones (excluding diaryl/α,β-unsaturated/α-hetero) is 1. The molecular weight excluding hydrogens is 322 g/mol. The van der Waals surface area contributed by atoms with Crippen LogP contribution < -0.4 is 5.32 Å². The highest BCUT2D eigenvalue weighted by Gasteiger charge is 2.43. The number of rotatable bonds is 10.